The van der Waals surface area contributed by atoms with Crippen molar-refractivity contribution in [1.82, 2.24) is 19.9 Å². The third kappa shape index (κ3) is 5.76. The molecule has 1 amide bonds. The summed E-state index contributed by atoms with van der Waals surface area (Å²) in [5.74, 6) is -3.67. The molecule has 4 aliphatic rings. The van der Waals surface area contributed by atoms with Crippen LogP contribution in [0.15, 0.2) is 4.52 Å². The van der Waals surface area contributed by atoms with Gasteiger partial charge in [0, 0.05) is 50.5 Å². The zero-order chi connectivity index (χ0) is 27.3. The Balaban J connectivity index is 1.19. The highest BCUT2D eigenvalue weighted by atomic mass is 19.3. The number of rotatable bonds is 7. The second kappa shape index (κ2) is 10.4. The van der Waals surface area contributed by atoms with Crippen LogP contribution in [0, 0.1) is 5.92 Å². The van der Waals surface area contributed by atoms with Crippen LogP contribution in [-0.4, -0.2) is 81.9 Å². The fourth-order valence-corrected chi connectivity index (χ4v) is 6.46. The molecule has 10 heteroatoms. The Morgan fingerprint density at radius 2 is 1.76 bits per heavy atom. The molecule has 0 bridgehead atoms. The molecule has 2 aliphatic heterocycles. The zero-order valence-electron chi connectivity index (χ0n) is 23.2. The summed E-state index contributed by atoms with van der Waals surface area (Å²) in [6.45, 7) is 11.1. The highest BCUT2D eigenvalue weighted by molar-refractivity contribution is 5.76. The lowest BCUT2D eigenvalue weighted by molar-refractivity contribution is -0.202. The lowest BCUT2D eigenvalue weighted by atomic mass is 9.78. The molecule has 7 nitrogen and oxygen atoms in total. The summed E-state index contributed by atoms with van der Waals surface area (Å²) in [5.41, 5.74) is -0.830. The maximum atomic E-state index is 15.2. The normalized spacial score (nSPS) is 32.9. The highest BCUT2D eigenvalue weighted by Crippen LogP contribution is 2.46. The maximum absolute atomic E-state index is 15.2. The van der Waals surface area contributed by atoms with E-state index in [0.29, 0.717) is 63.0 Å². The summed E-state index contributed by atoms with van der Waals surface area (Å²) in [5, 5.41) is 4.10. The van der Waals surface area contributed by atoms with E-state index in [1.165, 1.54) is 0 Å². The van der Waals surface area contributed by atoms with Gasteiger partial charge in [-0.2, -0.15) is 4.98 Å². The molecule has 0 unspecified atom stereocenters. The molecule has 2 saturated heterocycles. The molecule has 2 aliphatic carbocycles. The van der Waals surface area contributed by atoms with Gasteiger partial charge in [-0.3, -0.25) is 4.79 Å². The van der Waals surface area contributed by atoms with Gasteiger partial charge in [0.15, 0.2) is 5.82 Å². The van der Waals surface area contributed by atoms with Gasteiger partial charge in [-0.05, 0) is 65.7 Å². The second-order valence-corrected chi connectivity index (χ2v) is 13.0. The van der Waals surface area contributed by atoms with Crippen molar-refractivity contribution in [3.63, 3.8) is 0 Å². The van der Waals surface area contributed by atoms with Crippen molar-refractivity contribution in [2.75, 3.05) is 26.2 Å². The van der Waals surface area contributed by atoms with Crippen LogP contribution in [0.1, 0.15) is 103 Å². The van der Waals surface area contributed by atoms with E-state index >= 15 is 8.78 Å². The quantitative estimate of drug-likeness (QED) is 0.471. The Kier molecular flexibility index (Phi) is 7.61. The number of ether oxygens (including phenoxy) is 1. The van der Waals surface area contributed by atoms with Gasteiger partial charge >= 0.3 is 0 Å². The molecular formula is C28H43F3N4O3. The predicted octanol–water partition coefficient (Wildman–Crippen LogP) is 5.25. The summed E-state index contributed by atoms with van der Waals surface area (Å²) < 4.78 is 55.6. The minimum absolute atomic E-state index is 0.193. The molecule has 5 rings (SSSR count). The lowest BCUT2D eigenvalue weighted by Gasteiger charge is -2.46. The lowest BCUT2D eigenvalue weighted by Crippen LogP contribution is -2.53. The first-order chi connectivity index (χ1) is 17.9. The molecule has 0 radical (unpaired) electrons. The fraction of sp³-hybridized carbons (Fsp3) is 0.893. The van der Waals surface area contributed by atoms with Crippen LogP contribution in [0.3, 0.4) is 0 Å². The Morgan fingerprint density at radius 3 is 2.37 bits per heavy atom. The number of carbonyl (C=O) groups is 1. The number of amides is 1. The van der Waals surface area contributed by atoms with Gasteiger partial charge in [-0.25, -0.2) is 13.2 Å². The van der Waals surface area contributed by atoms with E-state index < -0.39 is 29.7 Å². The minimum Gasteiger partial charge on any atom is -0.371 e. The van der Waals surface area contributed by atoms with Crippen LogP contribution >= 0.6 is 0 Å². The first kappa shape index (κ1) is 27.9. The van der Waals surface area contributed by atoms with Crippen molar-refractivity contribution >= 4 is 5.91 Å². The van der Waals surface area contributed by atoms with Gasteiger partial charge in [0.05, 0.1) is 23.5 Å². The molecule has 4 fully saturated rings. The van der Waals surface area contributed by atoms with Crippen molar-refractivity contribution in [1.29, 1.82) is 0 Å². The number of hydrogen-bond acceptors (Lipinski definition) is 6. The number of aromatic nitrogens is 2. The number of alkyl halides is 3. The summed E-state index contributed by atoms with van der Waals surface area (Å²) in [7, 11) is 0. The van der Waals surface area contributed by atoms with Crippen molar-refractivity contribution in [3.8, 4) is 0 Å². The van der Waals surface area contributed by atoms with E-state index in [9.17, 15) is 9.18 Å². The van der Waals surface area contributed by atoms with Gasteiger partial charge in [0.25, 0.3) is 5.92 Å². The van der Waals surface area contributed by atoms with Gasteiger partial charge in [-0.15, -0.1) is 0 Å². The third-order valence-corrected chi connectivity index (χ3v) is 9.64. The van der Waals surface area contributed by atoms with E-state index in [1.54, 1.807) is 4.90 Å². The molecule has 4 atom stereocenters. The molecule has 2 saturated carbocycles. The molecular weight excluding hydrogens is 497 g/mol. The van der Waals surface area contributed by atoms with E-state index in [1.807, 2.05) is 13.8 Å². The first-order valence-corrected chi connectivity index (χ1v) is 14.4. The Bertz CT molecular complexity index is 986. The average Bonchev–Trinajstić information content (AvgIpc) is 3.37. The van der Waals surface area contributed by atoms with Crippen LogP contribution in [0.2, 0.25) is 0 Å². The third-order valence-electron chi connectivity index (χ3n) is 9.64. The van der Waals surface area contributed by atoms with Gasteiger partial charge in [0.2, 0.25) is 11.8 Å². The number of likely N-dealkylation sites (tertiary alicyclic amines) is 2. The standard InChI is InChI=1S/C28H43F3N4O3/c1-18(2)34-14-10-27(4,11-15-34)37-22-6-5-7-28(30,31)20(22)17-23(36)35-12-8-26(3,9-13-35)25-32-24(38-33-25)19-16-21(19)29/h18-22H,5-17H2,1-4H3/t19-,20-,21+,22+/m1/s1. The number of carbonyl (C=O) groups excluding carboxylic acids is 1. The second-order valence-electron chi connectivity index (χ2n) is 13.0. The molecule has 1 aromatic rings. The molecule has 0 aromatic carbocycles. The molecule has 0 N–H and O–H groups in total. The molecule has 0 spiro atoms. The van der Waals surface area contributed by atoms with Crippen LogP contribution < -0.4 is 0 Å². The predicted molar refractivity (Wildman–Crippen MR) is 136 cm³/mol. The largest absolute Gasteiger partial charge is 0.371 e. The Morgan fingerprint density at radius 1 is 1.11 bits per heavy atom. The maximum Gasteiger partial charge on any atom is 0.253 e. The topological polar surface area (TPSA) is 71.7 Å². The minimum atomic E-state index is -2.92. The number of nitrogens with zero attached hydrogens (tertiary/aromatic N) is 4. The summed E-state index contributed by atoms with van der Waals surface area (Å²) in [6.07, 6.45) is 2.31. The van der Waals surface area contributed by atoms with Crippen LogP contribution in [0.4, 0.5) is 13.2 Å². The molecule has 1 aromatic heterocycles. The fourth-order valence-electron chi connectivity index (χ4n) is 6.46. The Hall–Kier alpha value is -1.68. The SMILES string of the molecule is CC(C)N1CCC(C)(O[C@H]2CCCC(F)(F)[C@@H]2CC(=O)N2CCC(C)(c3noc([C@@H]4C[C@@H]4F)n3)CC2)CC1. The van der Waals surface area contributed by atoms with Gasteiger partial charge in [0.1, 0.15) is 6.17 Å². The van der Waals surface area contributed by atoms with Crippen molar-refractivity contribution in [2.24, 2.45) is 5.92 Å². The van der Waals surface area contributed by atoms with Gasteiger partial charge in [-0.1, -0.05) is 12.1 Å². The summed E-state index contributed by atoms with van der Waals surface area (Å²) in [6, 6.07) is 0.457. The van der Waals surface area contributed by atoms with Crippen molar-refractivity contribution < 1.29 is 27.2 Å². The summed E-state index contributed by atoms with van der Waals surface area (Å²) in [4.78, 5) is 21.9. The van der Waals surface area contributed by atoms with Gasteiger partial charge < -0.3 is 19.1 Å². The molecule has 3 heterocycles. The summed E-state index contributed by atoms with van der Waals surface area (Å²) >= 11 is 0. The van der Waals surface area contributed by atoms with Crippen LogP contribution in [0.25, 0.3) is 0 Å². The van der Waals surface area contributed by atoms with Crippen molar-refractivity contribution in [3.05, 3.63) is 11.7 Å². The monoisotopic (exact) mass is 540 g/mol. The van der Waals surface area contributed by atoms with Crippen LogP contribution in [-0.2, 0) is 14.9 Å². The first-order valence-electron chi connectivity index (χ1n) is 14.4. The number of piperidine rings is 2. The van der Waals surface area contributed by atoms with E-state index in [0.717, 1.165) is 25.9 Å². The van der Waals surface area contributed by atoms with E-state index in [4.69, 9.17) is 9.26 Å². The zero-order valence-corrected chi connectivity index (χ0v) is 23.2. The Labute approximate surface area is 223 Å². The van der Waals surface area contributed by atoms with E-state index in [-0.39, 0.29) is 30.1 Å². The van der Waals surface area contributed by atoms with Crippen LogP contribution in [0.5, 0.6) is 0 Å². The number of hydrogen-bond donors (Lipinski definition) is 0. The molecule has 214 valence electrons. The molecule has 38 heavy (non-hydrogen) atoms. The van der Waals surface area contributed by atoms with E-state index in [2.05, 4.69) is 28.9 Å². The average molecular weight is 541 g/mol. The highest BCUT2D eigenvalue weighted by Gasteiger charge is 2.51. The smallest absolute Gasteiger partial charge is 0.253 e. The number of halogens is 3. The van der Waals surface area contributed by atoms with Crippen molar-refractivity contribution in [2.45, 2.75) is 127 Å².